The summed E-state index contributed by atoms with van der Waals surface area (Å²) < 4.78 is 11.2. The molecule has 0 radical (unpaired) electrons. The molecule has 2 N–H and O–H groups in total. The van der Waals surface area contributed by atoms with Gasteiger partial charge in [0.15, 0.2) is 0 Å². The maximum Gasteiger partial charge on any atom is 0.342 e. The van der Waals surface area contributed by atoms with Gasteiger partial charge in [0.05, 0.1) is 35.3 Å². The number of aromatic nitrogens is 2. The van der Waals surface area contributed by atoms with E-state index in [1.807, 2.05) is 48.7 Å². The van der Waals surface area contributed by atoms with Gasteiger partial charge in [0.2, 0.25) is 0 Å². The third kappa shape index (κ3) is 2.88. The van der Waals surface area contributed by atoms with Crippen molar-refractivity contribution in [1.29, 1.82) is 0 Å². The standard InChI is InChI=1S/C24H19N3O3S/c1-29-15-9-6-13(7-10-15)19-20-17(11-8-14-12-25-27-22(14)20)30-24(28)21(19)23-26-16-4-2-3-5-18(16)31-23/h2-7,9-10,12,19,26H,8,11H2,1H3,(H,25,27)/b23-21-. The zero-order chi connectivity index (χ0) is 20.9. The first-order valence-corrected chi connectivity index (χ1v) is 10.9. The van der Waals surface area contributed by atoms with Gasteiger partial charge in [-0.05, 0) is 41.8 Å². The normalized spacial score (nSPS) is 21.7. The minimum absolute atomic E-state index is 0.272. The van der Waals surface area contributed by atoms with Crippen LogP contribution in [0.1, 0.15) is 29.2 Å². The molecule has 3 aliphatic rings. The van der Waals surface area contributed by atoms with Crippen molar-refractivity contribution in [2.75, 3.05) is 12.4 Å². The number of benzene rings is 2. The van der Waals surface area contributed by atoms with Crippen LogP contribution in [0.4, 0.5) is 5.69 Å². The van der Waals surface area contributed by atoms with E-state index < -0.39 is 0 Å². The number of fused-ring (bicyclic) bond motifs is 3. The van der Waals surface area contributed by atoms with Crippen LogP contribution in [0.5, 0.6) is 5.75 Å². The maximum absolute atomic E-state index is 13.3. The number of carbonyl (C=O) groups excluding carboxylic acids is 1. The molecule has 1 aliphatic carbocycles. The van der Waals surface area contributed by atoms with Gasteiger partial charge in [-0.15, -0.1) is 0 Å². The Morgan fingerprint density at radius 3 is 2.74 bits per heavy atom. The van der Waals surface area contributed by atoms with Crippen LogP contribution in [0.2, 0.25) is 0 Å². The molecule has 2 aromatic carbocycles. The number of thioether (sulfide) groups is 1. The lowest BCUT2D eigenvalue weighted by Gasteiger charge is -2.33. The van der Waals surface area contributed by atoms with Gasteiger partial charge in [0.1, 0.15) is 11.5 Å². The van der Waals surface area contributed by atoms with Gasteiger partial charge in [-0.25, -0.2) is 4.79 Å². The molecule has 6 rings (SSSR count). The van der Waals surface area contributed by atoms with Crippen molar-refractivity contribution in [2.24, 2.45) is 0 Å². The summed E-state index contributed by atoms with van der Waals surface area (Å²) in [5, 5.41) is 11.7. The predicted molar refractivity (Wildman–Crippen MR) is 119 cm³/mol. The van der Waals surface area contributed by atoms with Crippen LogP contribution < -0.4 is 10.1 Å². The van der Waals surface area contributed by atoms with Gasteiger partial charge in [-0.1, -0.05) is 36.0 Å². The number of ether oxygens (including phenoxy) is 2. The Labute approximate surface area is 183 Å². The zero-order valence-corrected chi connectivity index (χ0v) is 17.6. The van der Waals surface area contributed by atoms with Crippen LogP contribution in [0.3, 0.4) is 0 Å². The summed E-state index contributed by atoms with van der Waals surface area (Å²) in [6, 6.07) is 15.9. The van der Waals surface area contributed by atoms with Crippen LogP contribution in [0.25, 0.3) is 5.57 Å². The molecule has 0 fully saturated rings. The lowest BCUT2D eigenvalue weighted by atomic mass is 9.77. The van der Waals surface area contributed by atoms with E-state index in [0.717, 1.165) is 55.9 Å². The minimum Gasteiger partial charge on any atom is -0.497 e. The Morgan fingerprint density at radius 1 is 1.10 bits per heavy atom. The molecule has 0 saturated carbocycles. The summed E-state index contributed by atoms with van der Waals surface area (Å²) in [5.74, 6) is 0.931. The van der Waals surface area contributed by atoms with Gasteiger partial charge in [-0.2, -0.15) is 5.10 Å². The number of hydrogen-bond donors (Lipinski definition) is 2. The third-order valence-corrected chi connectivity index (χ3v) is 7.07. The van der Waals surface area contributed by atoms with Gasteiger partial charge < -0.3 is 14.8 Å². The molecule has 0 amide bonds. The summed E-state index contributed by atoms with van der Waals surface area (Å²) in [5.41, 5.74) is 5.72. The van der Waals surface area contributed by atoms with Crippen LogP contribution in [0, 0.1) is 0 Å². The van der Waals surface area contributed by atoms with E-state index >= 15 is 0 Å². The van der Waals surface area contributed by atoms with Crippen molar-refractivity contribution in [2.45, 2.75) is 23.7 Å². The number of anilines is 1. The molecule has 7 heteroatoms. The first kappa shape index (κ1) is 18.3. The number of nitrogens with zero attached hydrogens (tertiary/aromatic N) is 1. The quantitative estimate of drug-likeness (QED) is 0.448. The van der Waals surface area contributed by atoms with Crippen molar-refractivity contribution in [1.82, 2.24) is 10.2 Å². The molecule has 2 aliphatic heterocycles. The van der Waals surface area contributed by atoms with Gasteiger partial charge in [0.25, 0.3) is 0 Å². The summed E-state index contributed by atoms with van der Waals surface area (Å²) >= 11 is 1.57. The first-order chi connectivity index (χ1) is 15.2. The minimum atomic E-state index is -0.301. The molecule has 1 atom stereocenters. The van der Waals surface area contributed by atoms with E-state index in [1.165, 1.54) is 0 Å². The first-order valence-electron chi connectivity index (χ1n) is 10.1. The monoisotopic (exact) mass is 429 g/mol. The van der Waals surface area contributed by atoms with E-state index in [1.54, 1.807) is 18.9 Å². The van der Waals surface area contributed by atoms with E-state index in [0.29, 0.717) is 12.0 Å². The number of para-hydroxylation sites is 1. The fourth-order valence-electron chi connectivity index (χ4n) is 4.49. The van der Waals surface area contributed by atoms with Crippen molar-refractivity contribution < 1.29 is 14.3 Å². The molecule has 1 unspecified atom stereocenters. The number of allylic oxidation sites excluding steroid dienone is 2. The highest BCUT2D eigenvalue weighted by molar-refractivity contribution is 8.03. The highest BCUT2D eigenvalue weighted by Crippen LogP contribution is 2.52. The second-order valence-electron chi connectivity index (χ2n) is 7.67. The molecular formula is C24H19N3O3S. The number of rotatable bonds is 2. The van der Waals surface area contributed by atoms with Crippen LogP contribution in [0.15, 0.2) is 76.0 Å². The molecule has 0 spiro atoms. The molecule has 3 aromatic rings. The zero-order valence-electron chi connectivity index (χ0n) is 16.8. The Hall–Kier alpha value is -3.45. The number of aryl methyl sites for hydroxylation is 1. The fraction of sp³-hybridized carbons (Fsp3) is 0.167. The number of methoxy groups -OCH3 is 1. The molecule has 0 saturated heterocycles. The lowest BCUT2D eigenvalue weighted by molar-refractivity contribution is -0.136. The highest BCUT2D eigenvalue weighted by Gasteiger charge is 2.42. The van der Waals surface area contributed by atoms with Gasteiger partial charge in [-0.3, -0.25) is 5.10 Å². The molecule has 3 heterocycles. The summed E-state index contributed by atoms with van der Waals surface area (Å²) in [7, 11) is 1.65. The molecule has 0 bridgehead atoms. The third-order valence-electron chi connectivity index (χ3n) is 5.96. The molecule has 31 heavy (non-hydrogen) atoms. The Kier molecular flexibility index (Phi) is 4.17. The number of esters is 1. The second kappa shape index (κ2) is 7.06. The van der Waals surface area contributed by atoms with Crippen LogP contribution in [-0.2, 0) is 16.0 Å². The average molecular weight is 430 g/mol. The number of nitrogens with one attached hydrogen (secondary N) is 2. The Balaban J connectivity index is 1.56. The van der Waals surface area contributed by atoms with E-state index in [9.17, 15) is 4.79 Å². The van der Waals surface area contributed by atoms with Crippen LogP contribution in [-0.4, -0.2) is 23.3 Å². The fourth-order valence-corrected chi connectivity index (χ4v) is 5.56. The number of aromatic amines is 1. The van der Waals surface area contributed by atoms with Crippen LogP contribution >= 0.6 is 11.8 Å². The summed E-state index contributed by atoms with van der Waals surface area (Å²) in [6.07, 6.45) is 3.35. The predicted octanol–water partition coefficient (Wildman–Crippen LogP) is 4.85. The second-order valence-corrected chi connectivity index (χ2v) is 8.72. The molecule has 154 valence electrons. The molecule has 6 nitrogen and oxygen atoms in total. The summed E-state index contributed by atoms with van der Waals surface area (Å²) in [4.78, 5) is 14.4. The highest BCUT2D eigenvalue weighted by atomic mass is 32.2. The van der Waals surface area contributed by atoms with E-state index in [2.05, 4.69) is 21.6 Å². The smallest absolute Gasteiger partial charge is 0.342 e. The maximum atomic E-state index is 13.3. The SMILES string of the molecule is COc1ccc(C2C3=C(CCc4cn[nH]c43)OC(=O)/C2=C2/Nc3ccccc3S2)cc1. The number of carbonyl (C=O) groups is 1. The van der Waals surface area contributed by atoms with E-state index in [4.69, 9.17) is 9.47 Å². The van der Waals surface area contributed by atoms with Gasteiger partial charge in [0, 0.05) is 22.8 Å². The topological polar surface area (TPSA) is 76.2 Å². The van der Waals surface area contributed by atoms with Crippen molar-refractivity contribution in [3.05, 3.63) is 87.9 Å². The van der Waals surface area contributed by atoms with E-state index in [-0.39, 0.29) is 11.9 Å². The molecular weight excluding hydrogens is 410 g/mol. The average Bonchev–Trinajstić information content (AvgIpc) is 3.45. The number of hydrogen-bond acceptors (Lipinski definition) is 6. The molecule has 1 aromatic heterocycles. The Morgan fingerprint density at radius 2 is 1.94 bits per heavy atom. The summed E-state index contributed by atoms with van der Waals surface area (Å²) in [6.45, 7) is 0. The largest absolute Gasteiger partial charge is 0.497 e. The Bertz CT molecular complexity index is 1250. The van der Waals surface area contributed by atoms with Crippen molar-refractivity contribution in [3.63, 3.8) is 0 Å². The lowest BCUT2D eigenvalue weighted by Crippen LogP contribution is -2.27. The van der Waals surface area contributed by atoms with Crippen molar-refractivity contribution in [3.8, 4) is 5.75 Å². The number of H-pyrrole nitrogens is 1. The van der Waals surface area contributed by atoms with Gasteiger partial charge >= 0.3 is 5.97 Å². The van der Waals surface area contributed by atoms with Crippen molar-refractivity contribution >= 4 is 29.0 Å².